The van der Waals surface area contributed by atoms with Crippen molar-refractivity contribution in [3.8, 4) is 0 Å². The SMILES string of the molecule is CCc1ccc(Cc2ccco2)cc1. The number of aryl methyl sites for hydroxylation is 1. The molecule has 72 valence electrons. The molecule has 1 nitrogen and oxygen atoms in total. The quantitative estimate of drug-likeness (QED) is 0.715. The highest BCUT2D eigenvalue weighted by molar-refractivity contribution is 5.25. The smallest absolute Gasteiger partial charge is 0.108 e. The second-order valence-electron chi connectivity index (χ2n) is 3.43. The molecule has 0 N–H and O–H groups in total. The van der Waals surface area contributed by atoms with Gasteiger partial charge in [-0.2, -0.15) is 0 Å². The van der Waals surface area contributed by atoms with Gasteiger partial charge in [0.25, 0.3) is 0 Å². The lowest BCUT2D eigenvalue weighted by atomic mass is 10.1. The summed E-state index contributed by atoms with van der Waals surface area (Å²) >= 11 is 0. The van der Waals surface area contributed by atoms with Crippen LogP contribution in [0, 0.1) is 0 Å². The predicted molar refractivity (Wildman–Crippen MR) is 57.3 cm³/mol. The van der Waals surface area contributed by atoms with E-state index in [0.29, 0.717) is 0 Å². The van der Waals surface area contributed by atoms with Crippen LogP contribution in [0.15, 0.2) is 47.1 Å². The van der Waals surface area contributed by atoms with Gasteiger partial charge in [-0.25, -0.2) is 0 Å². The van der Waals surface area contributed by atoms with Gasteiger partial charge in [-0.05, 0) is 29.7 Å². The summed E-state index contributed by atoms with van der Waals surface area (Å²) in [5.41, 5.74) is 2.69. The maximum atomic E-state index is 5.29. The van der Waals surface area contributed by atoms with Crippen molar-refractivity contribution < 1.29 is 4.42 Å². The molecule has 1 aromatic carbocycles. The zero-order valence-electron chi connectivity index (χ0n) is 8.36. The Morgan fingerprint density at radius 2 is 1.71 bits per heavy atom. The molecule has 1 heteroatoms. The van der Waals surface area contributed by atoms with Crippen molar-refractivity contribution in [2.24, 2.45) is 0 Å². The third-order valence-electron chi connectivity index (χ3n) is 2.39. The molecule has 0 saturated heterocycles. The highest BCUT2D eigenvalue weighted by Gasteiger charge is 1.98. The molecule has 0 unspecified atom stereocenters. The van der Waals surface area contributed by atoms with Crippen LogP contribution in [0.4, 0.5) is 0 Å². The summed E-state index contributed by atoms with van der Waals surface area (Å²) < 4.78 is 5.29. The summed E-state index contributed by atoms with van der Waals surface area (Å²) in [6.45, 7) is 2.17. The molecule has 1 heterocycles. The predicted octanol–water partition coefficient (Wildman–Crippen LogP) is 3.43. The number of hydrogen-bond donors (Lipinski definition) is 0. The van der Waals surface area contributed by atoms with Gasteiger partial charge < -0.3 is 4.42 Å². The minimum absolute atomic E-state index is 0.886. The molecule has 0 amide bonds. The van der Waals surface area contributed by atoms with Gasteiger partial charge in [-0.15, -0.1) is 0 Å². The van der Waals surface area contributed by atoms with Crippen molar-refractivity contribution >= 4 is 0 Å². The molecule has 0 aliphatic carbocycles. The van der Waals surface area contributed by atoms with Crippen LogP contribution in [-0.4, -0.2) is 0 Å². The van der Waals surface area contributed by atoms with Crippen LogP contribution in [0.1, 0.15) is 23.8 Å². The first-order valence-electron chi connectivity index (χ1n) is 4.98. The average molecular weight is 186 g/mol. The van der Waals surface area contributed by atoms with E-state index in [1.54, 1.807) is 6.26 Å². The molecule has 0 aliphatic heterocycles. The zero-order valence-corrected chi connectivity index (χ0v) is 8.36. The van der Waals surface area contributed by atoms with Crippen molar-refractivity contribution in [1.82, 2.24) is 0 Å². The Kier molecular flexibility index (Phi) is 2.68. The minimum atomic E-state index is 0.886. The van der Waals surface area contributed by atoms with Gasteiger partial charge in [-0.3, -0.25) is 0 Å². The van der Waals surface area contributed by atoms with Crippen molar-refractivity contribution in [3.05, 3.63) is 59.5 Å². The monoisotopic (exact) mass is 186 g/mol. The van der Waals surface area contributed by atoms with Crippen molar-refractivity contribution in [2.75, 3.05) is 0 Å². The summed E-state index contributed by atoms with van der Waals surface area (Å²) in [6.07, 6.45) is 3.70. The van der Waals surface area contributed by atoms with E-state index in [2.05, 4.69) is 31.2 Å². The summed E-state index contributed by atoms with van der Waals surface area (Å²) in [6, 6.07) is 12.6. The van der Waals surface area contributed by atoms with Gasteiger partial charge in [0.2, 0.25) is 0 Å². The van der Waals surface area contributed by atoms with Crippen LogP contribution < -0.4 is 0 Å². The third kappa shape index (κ3) is 2.05. The topological polar surface area (TPSA) is 13.1 Å². The number of furan rings is 1. The van der Waals surface area contributed by atoms with Crippen molar-refractivity contribution in [2.45, 2.75) is 19.8 Å². The Morgan fingerprint density at radius 1 is 1.00 bits per heavy atom. The Hall–Kier alpha value is -1.50. The van der Waals surface area contributed by atoms with E-state index in [1.165, 1.54) is 11.1 Å². The second kappa shape index (κ2) is 4.14. The molecule has 2 aromatic rings. The van der Waals surface area contributed by atoms with Crippen LogP contribution in [0.2, 0.25) is 0 Å². The number of rotatable bonds is 3. The fraction of sp³-hybridized carbons (Fsp3) is 0.231. The first kappa shape index (κ1) is 9.07. The Bertz CT molecular complexity index is 370. The van der Waals surface area contributed by atoms with Crippen LogP contribution in [0.5, 0.6) is 0 Å². The highest BCUT2D eigenvalue weighted by atomic mass is 16.3. The molecule has 0 spiro atoms. The van der Waals surface area contributed by atoms with E-state index < -0.39 is 0 Å². The Labute approximate surface area is 84.4 Å². The molecule has 0 saturated carbocycles. The fourth-order valence-corrected chi connectivity index (χ4v) is 1.51. The van der Waals surface area contributed by atoms with Gasteiger partial charge in [-0.1, -0.05) is 31.2 Å². The average Bonchev–Trinajstić information content (AvgIpc) is 2.72. The first-order valence-corrected chi connectivity index (χ1v) is 4.98. The van der Waals surface area contributed by atoms with E-state index >= 15 is 0 Å². The summed E-state index contributed by atoms with van der Waals surface area (Å²) in [7, 11) is 0. The molecular formula is C13H14O. The molecule has 0 fully saturated rings. The molecule has 0 bridgehead atoms. The van der Waals surface area contributed by atoms with E-state index in [9.17, 15) is 0 Å². The summed E-state index contributed by atoms with van der Waals surface area (Å²) in [5, 5.41) is 0. The fourth-order valence-electron chi connectivity index (χ4n) is 1.51. The zero-order chi connectivity index (χ0) is 9.80. The molecule has 14 heavy (non-hydrogen) atoms. The van der Waals surface area contributed by atoms with Gasteiger partial charge in [0, 0.05) is 6.42 Å². The molecule has 0 radical (unpaired) electrons. The minimum Gasteiger partial charge on any atom is -0.469 e. The maximum Gasteiger partial charge on any atom is 0.108 e. The standard InChI is InChI=1S/C13H14O/c1-2-11-5-7-12(8-6-11)10-13-4-3-9-14-13/h3-9H,2,10H2,1H3. The van der Waals surface area contributed by atoms with Gasteiger partial charge in [0.1, 0.15) is 5.76 Å². The normalized spacial score (nSPS) is 10.4. The lowest BCUT2D eigenvalue weighted by Crippen LogP contribution is -1.86. The highest BCUT2D eigenvalue weighted by Crippen LogP contribution is 2.11. The third-order valence-corrected chi connectivity index (χ3v) is 2.39. The molecule has 1 aromatic heterocycles. The Balaban J connectivity index is 2.10. The van der Waals surface area contributed by atoms with Crippen LogP contribution in [0.25, 0.3) is 0 Å². The molecule has 0 atom stereocenters. The van der Waals surface area contributed by atoms with E-state index in [0.717, 1.165) is 18.6 Å². The van der Waals surface area contributed by atoms with Gasteiger partial charge in [0.15, 0.2) is 0 Å². The van der Waals surface area contributed by atoms with E-state index in [-0.39, 0.29) is 0 Å². The first-order chi connectivity index (χ1) is 6.88. The van der Waals surface area contributed by atoms with E-state index in [4.69, 9.17) is 4.42 Å². The number of hydrogen-bond acceptors (Lipinski definition) is 1. The largest absolute Gasteiger partial charge is 0.469 e. The van der Waals surface area contributed by atoms with Crippen LogP contribution in [0.3, 0.4) is 0 Å². The Morgan fingerprint density at radius 3 is 2.29 bits per heavy atom. The molecule has 0 aliphatic rings. The second-order valence-corrected chi connectivity index (χ2v) is 3.43. The number of benzene rings is 1. The summed E-state index contributed by atoms with van der Waals surface area (Å²) in [5.74, 6) is 1.02. The maximum absolute atomic E-state index is 5.29. The molecular weight excluding hydrogens is 172 g/mol. The van der Waals surface area contributed by atoms with Gasteiger partial charge in [0.05, 0.1) is 6.26 Å². The van der Waals surface area contributed by atoms with Crippen molar-refractivity contribution in [1.29, 1.82) is 0 Å². The van der Waals surface area contributed by atoms with Crippen LogP contribution >= 0.6 is 0 Å². The summed E-state index contributed by atoms with van der Waals surface area (Å²) in [4.78, 5) is 0. The lowest BCUT2D eigenvalue weighted by Gasteiger charge is -2.00. The van der Waals surface area contributed by atoms with E-state index in [1.807, 2.05) is 12.1 Å². The van der Waals surface area contributed by atoms with Gasteiger partial charge >= 0.3 is 0 Å². The lowest BCUT2D eigenvalue weighted by molar-refractivity contribution is 0.521. The molecule has 2 rings (SSSR count). The van der Waals surface area contributed by atoms with Crippen LogP contribution in [-0.2, 0) is 12.8 Å². The van der Waals surface area contributed by atoms with Crippen molar-refractivity contribution in [3.63, 3.8) is 0 Å².